The molecule has 1 aliphatic carbocycles. The molecule has 0 radical (unpaired) electrons. The molecule has 0 aromatic carbocycles. The van der Waals surface area contributed by atoms with Crippen molar-refractivity contribution < 1.29 is 4.79 Å². The van der Waals surface area contributed by atoms with E-state index in [0.29, 0.717) is 36.1 Å². The number of carbonyl (C=O) groups excluding carboxylic acids is 1. The van der Waals surface area contributed by atoms with Crippen molar-refractivity contribution in [2.45, 2.75) is 75.7 Å². The van der Waals surface area contributed by atoms with E-state index in [1.165, 1.54) is 64.0 Å². The van der Waals surface area contributed by atoms with Gasteiger partial charge in [-0.25, -0.2) is 5.01 Å². The quantitative estimate of drug-likeness (QED) is 0.489. The first-order chi connectivity index (χ1) is 15.2. The maximum atomic E-state index is 12.4. The molecule has 6 atom stereocenters. The molecular weight excluding hydrogens is 388 g/mol. The van der Waals surface area contributed by atoms with E-state index in [1.807, 2.05) is 4.90 Å². The molecule has 7 heteroatoms. The Morgan fingerprint density at radius 2 is 1.87 bits per heavy atom. The van der Waals surface area contributed by atoms with Crippen molar-refractivity contribution in [2.75, 3.05) is 39.3 Å². The average Bonchev–Trinajstić information content (AvgIpc) is 3.46. The SMILES string of the molecule is C=CC(=O)N1CC2NC(C3CCCCC3)NC(C3CCN(CC4CCCNC4)N3)C2C1. The number of nitrogens with zero attached hydrogens (tertiary/aromatic N) is 2. The molecule has 0 aromatic rings. The van der Waals surface area contributed by atoms with Gasteiger partial charge >= 0.3 is 0 Å². The second-order valence-electron chi connectivity index (χ2n) is 10.6. The van der Waals surface area contributed by atoms with Crippen LogP contribution in [0, 0.1) is 17.8 Å². The van der Waals surface area contributed by atoms with E-state index in [2.05, 4.69) is 33.0 Å². The number of hydrazine groups is 1. The monoisotopic (exact) mass is 430 g/mol. The summed E-state index contributed by atoms with van der Waals surface area (Å²) >= 11 is 0. The zero-order chi connectivity index (χ0) is 21.2. The average molecular weight is 431 g/mol. The summed E-state index contributed by atoms with van der Waals surface area (Å²) in [5.41, 5.74) is 3.89. The summed E-state index contributed by atoms with van der Waals surface area (Å²) in [6.07, 6.45) is 12.4. The Balaban J connectivity index is 1.26. The highest BCUT2D eigenvalue weighted by atomic mass is 16.2. The van der Waals surface area contributed by atoms with Gasteiger partial charge in [-0.05, 0) is 63.1 Å². The van der Waals surface area contributed by atoms with Gasteiger partial charge in [0, 0.05) is 50.2 Å². The van der Waals surface area contributed by atoms with Crippen LogP contribution >= 0.6 is 0 Å². The summed E-state index contributed by atoms with van der Waals surface area (Å²) in [5, 5.41) is 14.0. The molecule has 1 saturated carbocycles. The summed E-state index contributed by atoms with van der Waals surface area (Å²) in [5.74, 6) is 2.01. The van der Waals surface area contributed by atoms with E-state index in [1.54, 1.807) is 0 Å². The zero-order valence-corrected chi connectivity index (χ0v) is 19.0. The Kier molecular flexibility index (Phi) is 6.95. The van der Waals surface area contributed by atoms with Gasteiger partial charge in [0.05, 0.1) is 6.17 Å². The molecule has 5 rings (SSSR count). The molecule has 31 heavy (non-hydrogen) atoms. The Hall–Kier alpha value is -0.990. The molecule has 7 nitrogen and oxygen atoms in total. The molecule has 5 fully saturated rings. The lowest BCUT2D eigenvalue weighted by atomic mass is 9.81. The maximum Gasteiger partial charge on any atom is 0.246 e. The van der Waals surface area contributed by atoms with E-state index in [-0.39, 0.29) is 5.91 Å². The van der Waals surface area contributed by atoms with Crippen molar-refractivity contribution in [1.82, 2.24) is 31.3 Å². The van der Waals surface area contributed by atoms with Gasteiger partial charge < -0.3 is 10.2 Å². The van der Waals surface area contributed by atoms with E-state index in [4.69, 9.17) is 0 Å². The number of hydrogen-bond donors (Lipinski definition) is 4. The summed E-state index contributed by atoms with van der Waals surface area (Å²) in [6, 6.07) is 1.26. The number of amides is 1. The number of hydrogen-bond acceptors (Lipinski definition) is 6. The van der Waals surface area contributed by atoms with Crippen molar-refractivity contribution in [3.8, 4) is 0 Å². The largest absolute Gasteiger partial charge is 0.337 e. The second kappa shape index (κ2) is 9.87. The van der Waals surface area contributed by atoms with Gasteiger partial charge in [-0.15, -0.1) is 0 Å². The van der Waals surface area contributed by atoms with E-state index in [9.17, 15) is 4.79 Å². The molecule has 1 amide bonds. The van der Waals surface area contributed by atoms with Crippen LogP contribution in [-0.2, 0) is 4.79 Å². The third kappa shape index (κ3) is 4.86. The minimum atomic E-state index is 0.0787. The zero-order valence-electron chi connectivity index (χ0n) is 19.0. The highest BCUT2D eigenvalue weighted by Gasteiger charge is 2.48. The fraction of sp³-hybridized carbons (Fsp3) is 0.875. The van der Waals surface area contributed by atoms with Crippen molar-refractivity contribution in [3.05, 3.63) is 12.7 Å². The van der Waals surface area contributed by atoms with E-state index in [0.717, 1.165) is 38.6 Å². The number of fused-ring (bicyclic) bond motifs is 1. The van der Waals surface area contributed by atoms with E-state index < -0.39 is 0 Å². The topological polar surface area (TPSA) is 71.7 Å². The smallest absolute Gasteiger partial charge is 0.246 e. The minimum absolute atomic E-state index is 0.0787. The third-order valence-corrected chi connectivity index (χ3v) is 8.57. The van der Waals surface area contributed by atoms with Crippen LogP contribution in [0.2, 0.25) is 0 Å². The first-order valence-electron chi connectivity index (χ1n) is 12.9. The summed E-state index contributed by atoms with van der Waals surface area (Å²) in [7, 11) is 0. The van der Waals surface area contributed by atoms with Gasteiger partial charge in [-0.3, -0.25) is 20.9 Å². The van der Waals surface area contributed by atoms with Crippen LogP contribution in [-0.4, -0.2) is 79.4 Å². The highest BCUT2D eigenvalue weighted by molar-refractivity contribution is 5.87. The molecule has 0 bridgehead atoms. The van der Waals surface area contributed by atoms with Gasteiger partial charge in [0.2, 0.25) is 5.91 Å². The molecule has 5 aliphatic rings. The van der Waals surface area contributed by atoms with Crippen LogP contribution in [0.5, 0.6) is 0 Å². The third-order valence-electron chi connectivity index (χ3n) is 8.57. The van der Waals surface area contributed by atoms with Crippen LogP contribution in [0.15, 0.2) is 12.7 Å². The molecule has 4 N–H and O–H groups in total. The van der Waals surface area contributed by atoms with Crippen LogP contribution in [0.3, 0.4) is 0 Å². The number of carbonyl (C=O) groups is 1. The Morgan fingerprint density at radius 1 is 1.00 bits per heavy atom. The van der Waals surface area contributed by atoms with Crippen molar-refractivity contribution >= 4 is 5.91 Å². The lowest BCUT2D eigenvalue weighted by Gasteiger charge is -2.46. The van der Waals surface area contributed by atoms with Crippen molar-refractivity contribution in [1.29, 1.82) is 0 Å². The Morgan fingerprint density at radius 3 is 2.65 bits per heavy atom. The first kappa shape index (κ1) is 21.8. The maximum absolute atomic E-state index is 12.4. The van der Waals surface area contributed by atoms with Gasteiger partial charge in [-0.1, -0.05) is 25.8 Å². The lowest BCUT2D eigenvalue weighted by Crippen LogP contribution is -2.69. The van der Waals surface area contributed by atoms with Gasteiger partial charge in [0.15, 0.2) is 0 Å². The van der Waals surface area contributed by atoms with Crippen LogP contribution in [0.4, 0.5) is 0 Å². The predicted molar refractivity (Wildman–Crippen MR) is 123 cm³/mol. The number of likely N-dealkylation sites (tertiary alicyclic amines) is 1. The summed E-state index contributed by atoms with van der Waals surface area (Å²) in [4.78, 5) is 14.4. The van der Waals surface area contributed by atoms with E-state index >= 15 is 0 Å². The highest BCUT2D eigenvalue weighted by Crippen LogP contribution is 2.33. The van der Waals surface area contributed by atoms with Crippen molar-refractivity contribution in [3.63, 3.8) is 0 Å². The second-order valence-corrected chi connectivity index (χ2v) is 10.6. The van der Waals surface area contributed by atoms with Gasteiger partial charge in [0.1, 0.15) is 0 Å². The molecule has 4 saturated heterocycles. The fourth-order valence-electron chi connectivity index (χ4n) is 6.90. The first-order valence-corrected chi connectivity index (χ1v) is 12.9. The Bertz CT molecular complexity index is 632. The summed E-state index contributed by atoms with van der Waals surface area (Å²) in [6.45, 7) is 9.99. The van der Waals surface area contributed by atoms with Crippen LogP contribution in [0.25, 0.3) is 0 Å². The molecule has 174 valence electrons. The molecule has 6 unspecified atom stereocenters. The lowest BCUT2D eigenvalue weighted by molar-refractivity contribution is -0.125. The number of nitrogens with one attached hydrogen (secondary N) is 4. The Labute approximate surface area is 187 Å². The molecule has 4 heterocycles. The fourth-order valence-corrected chi connectivity index (χ4v) is 6.90. The normalized spacial score (nSPS) is 40.1. The molecular formula is C24H42N6O. The molecule has 0 spiro atoms. The van der Waals surface area contributed by atoms with Crippen molar-refractivity contribution in [2.24, 2.45) is 17.8 Å². The van der Waals surface area contributed by atoms with Crippen LogP contribution < -0.4 is 21.4 Å². The standard InChI is InChI=1S/C24H42N6O/c1-2-22(31)29-15-19-21(16-29)26-24(18-8-4-3-5-9-18)27-23(19)20-10-12-30(28-20)14-17-7-6-11-25-13-17/h2,17-21,23-28H,1,3-16H2. The minimum Gasteiger partial charge on any atom is -0.337 e. The number of piperidine rings is 1. The predicted octanol–water partition coefficient (Wildman–Crippen LogP) is 1.05. The van der Waals surface area contributed by atoms with Gasteiger partial charge in [-0.2, -0.15) is 0 Å². The van der Waals surface area contributed by atoms with Gasteiger partial charge in [0.25, 0.3) is 0 Å². The molecule has 4 aliphatic heterocycles. The number of rotatable bonds is 5. The molecule has 0 aromatic heterocycles. The summed E-state index contributed by atoms with van der Waals surface area (Å²) < 4.78 is 0. The van der Waals surface area contributed by atoms with Crippen LogP contribution in [0.1, 0.15) is 51.4 Å².